The lowest BCUT2D eigenvalue weighted by molar-refractivity contribution is 0.958. The minimum absolute atomic E-state index is 0.451. The molecule has 2 aromatic heterocycles. The standard InChI is InChI=1S/C8H7ClN4S/c1-5-12-6(9)4-7(13-5)14-8-10-2-3-11-8/h2-4H,1H3,(H,10,11). The fraction of sp³-hybridized carbons (Fsp3) is 0.125. The molecule has 0 saturated heterocycles. The topological polar surface area (TPSA) is 54.5 Å². The van der Waals surface area contributed by atoms with Crippen LogP contribution < -0.4 is 0 Å². The quantitative estimate of drug-likeness (QED) is 0.799. The number of halogens is 1. The molecule has 0 saturated carbocycles. The number of aryl methyl sites for hydroxylation is 1. The van der Waals surface area contributed by atoms with Crippen LogP contribution in [0.4, 0.5) is 0 Å². The molecular formula is C8H7ClN4S. The Bertz CT molecular complexity index is 409. The number of nitrogens with zero attached hydrogens (tertiary/aromatic N) is 3. The second kappa shape index (κ2) is 3.98. The number of hydrogen-bond acceptors (Lipinski definition) is 4. The van der Waals surface area contributed by atoms with Crippen LogP contribution in [0.2, 0.25) is 5.15 Å². The first-order valence-corrected chi connectivity index (χ1v) is 5.12. The van der Waals surface area contributed by atoms with Crippen LogP contribution in [-0.2, 0) is 0 Å². The number of aromatic nitrogens is 4. The molecular weight excluding hydrogens is 220 g/mol. The molecule has 0 atom stereocenters. The summed E-state index contributed by atoms with van der Waals surface area (Å²) in [6.07, 6.45) is 3.45. The fourth-order valence-electron chi connectivity index (χ4n) is 0.963. The summed E-state index contributed by atoms with van der Waals surface area (Å²) in [5.74, 6) is 0.659. The molecule has 1 N–H and O–H groups in total. The normalized spacial score (nSPS) is 10.4. The molecule has 0 amide bonds. The number of rotatable bonds is 2. The van der Waals surface area contributed by atoms with Gasteiger partial charge in [0.15, 0.2) is 5.16 Å². The van der Waals surface area contributed by atoms with Gasteiger partial charge in [0.1, 0.15) is 16.0 Å². The highest BCUT2D eigenvalue weighted by molar-refractivity contribution is 7.99. The zero-order valence-corrected chi connectivity index (χ0v) is 8.93. The first kappa shape index (κ1) is 9.48. The van der Waals surface area contributed by atoms with E-state index >= 15 is 0 Å². The Morgan fingerprint density at radius 1 is 1.43 bits per heavy atom. The van der Waals surface area contributed by atoms with Crippen molar-refractivity contribution in [3.8, 4) is 0 Å². The summed E-state index contributed by atoms with van der Waals surface area (Å²) >= 11 is 7.22. The molecule has 0 unspecified atom stereocenters. The molecule has 0 aromatic carbocycles. The molecule has 0 aliphatic rings. The average molecular weight is 227 g/mol. The number of nitrogens with one attached hydrogen (secondary N) is 1. The molecule has 0 aliphatic carbocycles. The van der Waals surface area contributed by atoms with Crippen molar-refractivity contribution in [2.45, 2.75) is 17.1 Å². The monoisotopic (exact) mass is 226 g/mol. The molecule has 6 heteroatoms. The third kappa shape index (κ3) is 2.24. The van der Waals surface area contributed by atoms with Crippen LogP contribution in [0.25, 0.3) is 0 Å². The van der Waals surface area contributed by atoms with Gasteiger partial charge in [-0.25, -0.2) is 15.0 Å². The van der Waals surface area contributed by atoms with E-state index in [0.717, 1.165) is 10.2 Å². The van der Waals surface area contributed by atoms with Crippen molar-refractivity contribution in [3.63, 3.8) is 0 Å². The van der Waals surface area contributed by atoms with Gasteiger partial charge >= 0.3 is 0 Å². The largest absolute Gasteiger partial charge is 0.339 e. The maximum Gasteiger partial charge on any atom is 0.171 e. The van der Waals surface area contributed by atoms with Crippen molar-refractivity contribution < 1.29 is 0 Å². The average Bonchev–Trinajstić information content (AvgIpc) is 2.54. The molecule has 2 heterocycles. The van der Waals surface area contributed by atoms with E-state index in [-0.39, 0.29) is 0 Å². The molecule has 0 spiro atoms. The lowest BCUT2D eigenvalue weighted by Gasteiger charge is -1.99. The molecule has 2 aromatic rings. The Balaban J connectivity index is 2.25. The second-order valence-corrected chi connectivity index (χ2v) is 3.97. The van der Waals surface area contributed by atoms with E-state index in [4.69, 9.17) is 11.6 Å². The van der Waals surface area contributed by atoms with Gasteiger partial charge < -0.3 is 4.98 Å². The van der Waals surface area contributed by atoms with Crippen molar-refractivity contribution in [1.29, 1.82) is 0 Å². The maximum absolute atomic E-state index is 5.80. The highest BCUT2D eigenvalue weighted by atomic mass is 35.5. The van der Waals surface area contributed by atoms with Gasteiger partial charge in [0.05, 0.1) is 0 Å². The van der Waals surface area contributed by atoms with E-state index in [1.807, 2.05) is 0 Å². The van der Waals surface area contributed by atoms with E-state index in [2.05, 4.69) is 19.9 Å². The van der Waals surface area contributed by atoms with E-state index < -0.39 is 0 Å². The molecule has 2 rings (SSSR count). The third-order valence-electron chi connectivity index (χ3n) is 1.46. The Morgan fingerprint density at radius 2 is 2.29 bits per heavy atom. The third-order valence-corrected chi connectivity index (χ3v) is 2.49. The zero-order chi connectivity index (χ0) is 9.97. The molecule has 0 aliphatic heterocycles. The van der Waals surface area contributed by atoms with Crippen LogP contribution in [-0.4, -0.2) is 19.9 Å². The Morgan fingerprint density at radius 3 is 2.93 bits per heavy atom. The van der Waals surface area contributed by atoms with Gasteiger partial charge in [-0.15, -0.1) is 0 Å². The van der Waals surface area contributed by atoms with Gasteiger partial charge in [0.2, 0.25) is 0 Å². The predicted octanol–water partition coefficient (Wildman–Crippen LogP) is 2.31. The first-order valence-electron chi connectivity index (χ1n) is 3.92. The van der Waals surface area contributed by atoms with Crippen LogP contribution in [0, 0.1) is 6.92 Å². The molecule has 4 nitrogen and oxygen atoms in total. The highest BCUT2D eigenvalue weighted by Crippen LogP contribution is 2.23. The summed E-state index contributed by atoms with van der Waals surface area (Å²) in [6.45, 7) is 1.80. The molecule has 0 fully saturated rings. The molecule has 0 radical (unpaired) electrons. The van der Waals surface area contributed by atoms with E-state index in [1.165, 1.54) is 11.8 Å². The number of H-pyrrole nitrogens is 1. The van der Waals surface area contributed by atoms with Gasteiger partial charge in [0.25, 0.3) is 0 Å². The summed E-state index contributed by atoms with van der Waals surface area (Å²) < 4.78 is 0. The Hall–Kier alpha value is -1.07. The minimum Gasteiger partial charge on any atom is -0.339 e. The van der Waals surface area contributed by atoms with Crippen LogP contribution in [0.1, 0.15) is 5.82 Å². The Labute approximate surface area is 90.1 Å². The van der Waals surface area contributed by atoms with Crippen molar-refractivity contribution >= 4 is 23.4 Å². The second-order valence-electron chi connectivity index (χ2n) is 2.57. The maximum atomic E-state index is 5.80. The van der Waals surface area contributed by atoms with Gasteiger partial charge in [-0.2, -0.15) is 0 Å². The van der Waals surface area contributed by atoms with Crippen LogP contribution in [0.15, 0.2) is 28.6 Å². The Kier molecular flexibility index (Phi) is 2.69. The summed E-state index contributed by atoms with van der Waals surface area (Å²) in [7, 11) is 0. The van der Waals surface area contributed by atoms with E-state index in [1.54, 1.807) is 25.4 Å². The first-order chi connectivity index (χ1) is 6.74. The minimum atomic E-state index is 0.451. The summed E-state index contributed by atoms with van der Waals surface area (Å²) in [5, 5.41) is 2.03. The molecule has 14 heavy (non-hydrogen) atoms. The lowest BCUT2D eigenvalue weighted by atomic mass is 10.6. The number of aromatic amines is 1. The summed E-state index contributed by atoms with van der Waals surface area (Å²) in [4.78, 5) is 15.2. The van der Waals surface area contributed by atoms with Crippen molar-refractivity contribution in [3.05, 3.63) is 29.4 Å². The number of hydrogen-bond donors (Lipinski definition) is 1. The van der Waals surface area contributed by atoms with E-state index in [9.17, 15) is 0 Å². The van der Waals surface area contributed by atoms with Crippen LogP contribution in [0.3, 0.4) is 0 Å². The zero-order valence-electron chi connectivity index (χ0n) is 7.36. The van der Waals surface area contributed by atoms with Crippen molar-refractivity contribution in [2.75, 3.05) is 0 Å². The van der Waals surface area contributed by atoms with E-state index in [0.29, 0.717) is 11.0 Å². The summed E-state index contributed by atoms with van der Waals surface area (Å²) in [5.41, 5.74) is 0. The number of imidazole rings is 1. The molecule has 0 bridgehead atoms. The van der Waals surface area contributed by atoms with Gasteiger partial charge in [-0.1, -0.05) is 11.6 Å². The lowest BCUT2D eigenvalue weighted by Crippen LogP contribution is -1.90. The van der Waals surface area contributed by atoms with Crippen molar-refractivity contribution in [1.82, 2.24) is 19.9 Å². The highest BCUT2D eigenvalue weighted by Gasteiger charge is 2.03. The van der Waals surface area contributed by atoms with Crippen LogP contribution >= 0.6 is 23.4 Å². The predicted molar refractivity (Wildman–Crippen MR) is 54.5 cm³/mol. The van der Waals surface area contributed by atoms with Crippen molar-refractivity contribution in [2.24, 2.45) is 0 Å². The fourth-order valence-corrected chi connectivity index (χ4v) is 2.04. The summed E-state index contributed by atoms with van der Waals surface area (Å²) in [6, 6.07) is 1.71. The SMILES string of the molecule is Cc1nc(Cl)cc(Sc2ncc[nH]2)n1. The smallest absolute Gasteiger partial charge is 0.171 e. The van der Waals surface area contributed by atoms with Gasteiger partial charge in [-0.05, 0) is 18.7 Å². The van der Waals surface area contributed by atoms with Crippen LogP contribution in [0.5, 0.6) is 0 Å². The molecule has 72 valence electrons. The van der Waals surface area contributed by atoms with Gasteiger partial charge in [0, 0.05) is 18.5 Å². The van der Waals surface area contributed by atoms with Gasteiger partial charge in [-0.3, -0.25) is 0 Å².